The Morgan fingerprint density at radius 2 is 2.14 bits per heavy atom. The number of ether oxygens (including phenoxy) is 1. The van der Waals surface area contributed by atoms with Gasteiger partial charge in [-0.15, -0.1) is 0 Å². The second kappa shape index (κ2) is 7.82. The van der Waals surface area contributed by atoms with Crippen molar-refractivity contribution in [2.75, 3.05) is 20.2 Å². The van der Waals surface area contributed by atoms with Crippen molar-refractivity contribution in [3.63, 3.8) is 0 Å². The maximum absolute atomic E-state index is 13.0. The van der Waals surface area contributed by atoms with Crippen molar-refractivity contribution >= 4 is 22.7 Å². The van der Waals surface area contributed by atoms with Crippen molar-refractivity contribution in [3.8, 4) is 0 Å². The number of aromatic nitrogens is 2. The third kappa shape index (κ3) is 3.61. The van der Waals surface area contributed by atoms with Crippen molar-refractivity contribution in [2.45, 2.75) is 18.7 Å². The van der Waals surface area contributed by atoms with Crippen molar-refractivity contribution in [2.24, 2.45) is 0 Å². The maximum Gasteiger partial charge on any atom is 0.254 e. The predicted molar refractivity (Wildman–Crippen MR) is 104 cm³/mol. The fourth-order valence-electron chi connectivity index (χ4n) is 3.51. The van der Waals surface area contributed by atoms with Gasteiger partial charge in [-0.1, -0.05) is 24.3 Å². The lowest BCUT2D eigenvalue weighted by Gasteiger charge is -2.34. The summed E-state index contributed by atoms with van der Waals surface area (Å²) in [5, 5.41) is 4.03. The molecule has 4 rings (SSSR count). The van der Waals surface area contributed by atoms with E-state index in [1.54, 1.807) is 30.4 Å². The summed E-state index contributed by atoms with van der Waals surface area (Å²) in [5.74, 6) is -0.398. The van der Waals surface area contributed by atoms with Crippen LogP contribution in [0.25, 0.3) is 10.9 Å². The summed E-state index contributed by atoms with van der Waals surface area (Å²) < 4.78 is 7.74. The first-order chi connectivity index (χ1) is 13.6. The van der Waals surface area contributed by atoms with Gasteiger partial charge in [0.2, 0.25) is 5.91 Å². The van der Waals surface area contributed by atoms with Crippen molar-refractivity contribution in [3.05, 3.63) is 66.6 Å². The lowest BCUT2D eigenvalue weighted by Crippen LogP contribution is -2.53. The van der Waals surface area contributed by atoms with Crippen LogP contribution in [0.2, 0.25) is 0 Å². The second-order valence-corrected chi connectivity index (χ2v) is 6.89. The van der Waals surface area contributed by atoms with E-state index in [4.69, 9.17) is 4.74 Å². The number of nitrogens with zero attached hydrogens (tertiary/aromatic N) is 3. The summed E-state index contributed by atoms with van der Waals surface area (Å²) >= 11 is 0. The lowest BCUT2D eigenvalue weighted by molar-refractivity contribution is -0.154. The van der Waals surface area contributed by atoms with Crippen LogP contribution in [0.5, 0.6) is 0 Å². The average Bonchev–Trinajstić information content (AvgIpc) is 3.15. The van der Waals surface area contributed by atoms with Crippen LogP contribution < -0.4 is 5.32 Å². The number of carbonyl (C=O) groups is 2. The molecule has 1 fully saturated rings. The van der Waals surface area contributed by atoms with Gasteiger partial charge in [-0.2, -0.15) is 0 Å². The van der Waals surface area contributed by atoms with E-state index in [1.165, 1.54) is 5.39 Å². The van der Waals surface area contributed by atoms with E-state index >= 15 is 0 Å². The van der Waals surface area contributed by atoms with E-state index in [9.17, 15) is 9.59 Å². The average molecular weight is 378 g/mol. The number of likely N-dealkylation sites (N-methyl/N-ethyl adjacent to an activating group) is 1. The number of fused-ring (bicyclic) bond motifs is 1. The molecule has 1 saturated heterocycles. The Morgan fingerprint density at radius 1 is 1.29 bits per heavy atom. The smallest absolute Gasteiger partial charge is 0.254 e. The highest BCUT2D eigenvalue weighted by molar-refractivity contribution is 5.86. The quantitative estimate of drug-likeness (QED) is 0.734. The molecule has 2 aromatic heterocycles. The van der Waals surface area contributed by atoms with Crippen molar-refractivity contribution in [1.29, 1.82) is 0 Å². The normalized spacial score (nSPS) is 19.4. The van der Waals surface area contributed by atoms with E-state index in [-0.39, 0.29) is 18.4 Å². The molecule has 1 aliphatic rings. The van der Waals surface area contributed by atoms with Crippen LogP contribution in [-0.4, -0.2) is 52.6 Å². The minimum Gasteiger partial charge on any atom is -0.356 e. The van der Waals surface area contributed by atoms with Crippen LogP contribution in [0.3, 0.4) is 0 Å². The minimum atomic E-state index is -0.770. The van der Waals surface area contributed by atoms with Crippen LogP contribution in [0.4, 0.5) is 0 Å². The number of benzene rings is 1. The molecule has 0 spiro atoms. The highest BCUT2D eigenvalue weighted by Gasteiger charge is 2.37. The van der Waals surface area contributed by atoms with Gasteiger partial charge in [0.15, 0.2) is 6.10 Å². The van der Waals surface area contributed by atoms with Crippen LogP contribution in [0.15, 0.2) is 61.1 Å². The first-order valence-corrected chi connectivity index (χ1v) is 9.23. The topological polar surface area (TPSA) is 76.5 Å². The summed E-state index contributed by atoms with van der Waals surface area (Å²) in [4.78, 5) is 30.6. The third-order valence-corrected chi connectivity index (χ3v) is 5.03. The van der Waals surface area contributed by atoms with Gasteiger partial charge in [-0.05, 0) is 29.1 Å². The zero-order valence-electron chi connectivity index (χ0n) is 15.6. The summed E-state index contributed by atoms with van der Waals surface area (Å²) in [6.07, 6.45) is 4.55. The van der Waals surface area contributed by atoms with Crippen molar-refractivity contribution < 1.29 is 14.3 Å². The summed E-state index contributed by atoms with van der Waals surface area (Å²) in [6, 6.07) is 13.3. The maximum atomic E-state index is 13.0. The van der Waals surface area contributed by atoms with Gasteiger partial charge in [0, 0.05) is 44.2 Å². The number of pyridine rings is 1. The molecule has 1 aliphatic heterocycles. The number of amides is 2. The lowest BCUT2D eigenvalue weighted by atomic mass is 10.0. The highest BCUT2D eigenvalue weighted by Crippen LogP contribution is 2.23. The molecule has 3 aromatic rings. The zero-order chi connectivity index (χ0) is 19.5. The zero-order valence-corrected chi connectivity index (χ0v) is 15.6. The van der Waals surface area contributed by atoms with Gasteiger partial charge in [0.05, 0.1) is 6.04 Å². The van der Waals surface area contributed by atoms with Gasteiger partial charge in [-0.3, -0.25) is 14.6 Å². The molecule has 0 radical (unpaired) electrons. The van der Waals surface area contributed by atoms with Gasteiger partial charge in [0.1, 0.15) is 6.61 Å². The molecular weight excluding hydrogens is 356 g/mol. The van der Waals surface area contributed by atoms with E-state index in [0.29, 0.717) is 13.1 Å². The number of carbonyl (C=O) groups excluding carboxylic acids is 2. The number of morpholine rings is 1. The van der Waals surface area contributed by atoms with E-state index in [0.717, 1.165) is 11.1 Å². The monoisotopic (exact) mass is 378 g/mol. The first-order valence-electron chi connectivity index (χ1n) is 9.23. The Kier molecular flexibility index (Phi) is 5.08. The number of hydrogen-bond donors (Lipinski definition) is 1. The molecule has 0 unspecified atom stereocenters. The van der Waals surface area contributed by atoms with Crippen LogP contribution in [0, 0.1) is 0 Å². The van der Waals surface area contributed by atoms with Gasteiger partial charge < -0.3 is 19.5 Å². The molecule has 144 valence electrons. The fourth-order valence-corrected chi connectivity index (χ4v) is 3.51. The molecule has 0 aliphatic carbocycles. The van der Waals surface area contributed by atoms with Crippen LogP contribution in [0.1, 0.15) is 11.6 Å². The summed E-state index contributed by atoms with van der Waals surface area (Å²) in [7, 11) is 1.76. The Hall–Kier alpha value is -3.19. The molecule has 0 saturated carbocycles. The van der Waals surface area contributed by atoms with Crippen LogP contribution >= 0.6 is 0 Å². The molecule has 1 aromatic carbocycles. The first kappa shape index (κ1) is 18.2. The largest absolute Gasteiger partial charge is 0.356 e. The Labute approximate surface area is 162 Å². The molecule has 7 heteroatoms. The molecule has 28 heavy (non-hydrogen) atoms. The number of nitrogens with one attached hydrogen (secondary N) is 1. The highest BCUT2D eigenvalue weighted by atomic mass is 16.5. The Morgan fingerprint density at radius 3 is 2.96 bits per heavy atom. The second-order valence-electron chi connectivity index (χ2n) is 6.89. The number of rotatable bonds is 5. The molecule has 0 bridgehead atoms. The number of hydrogen-bond acceptors (Lipinski definition) is 4. The molecule has 3 heterocycles. The van der Waals surface area contributed by atoms with Gasteiger partial charge >= 0.3 is 0 Å². The van der Waals surface area contributed by atoms with Crippen molar-refractivity contribution in [1.82, 2.24) is 19.8 Å². The Bertz CT molecular complexity index is 985. The standard InChI is InChI=1S/C21H22N4O3/c1-24(11-12-25-10-8-15-5-2-3-7-17(15)25)21(27)20-19(23-18(26)14-28-20)16-6-4-9-22-13-16/h2-10,13,19-20H,11-12,14H2,1H3,(H,23,26)/t19-,20+/m1/s1. The molecule has 2 amide bonds. The molecule has 7 nitrogen and oxygen atoms in total. The van der Waals surface area contributed by atoms with Crippen LogP contribution in [-0.2, 0) is 20.9 Å². The summed E-state index contributed by atoms with van der Waals surface area (Å²) in [6.45, 7) is 1.08. The minimum absolute atomic E-state index is 0.122. The number of para-hydroxylation sites is 1. The molecule has 2 atom stereocenters. The Balaban J connectivity index is 1.46. The van der Waals surface area contributed by atoms with E-state index in [2.05, 4.69) is 33.1 Å². The predicted octanol–water partition coefficient (Wildman–Crippen LogP) is 1.75. The fraction of sp³-hybridized carbons (Fsp3) is 0.286. The van der Waals surface area contributed by atoms with Gasteiger partial charge in [0.25, 0.3) is 5.91 Å². The molecule has 1 N–H and O–H groups in total. The van der Waals surface area contributed by atoms with E-state index in [1.807, 2.05) is 24.4 Å². The molecular formula is C21H22N4O3. The summed E-state index contributed by atoms with van der Waals surface area (Å²) in [5.41, 5.74) is 1.89. The van der Waals surface area contributed by atoms with E-state index < -0.39 is 12.1 Å². The van der Waals surface area contributed by atoms with Gasteiger partial charge in [-0.25, -0.2) is 0 Å². The third-order valence-electron chi connectivity index (χ3n) is 5.03. The SMILES string of the molecule is CN(CCn1ccc2ccccc21)C(=O)[C@H]1OCC(=O)N[C@@H]1c1cccnc1.